The van der Waals surface area contributed by atoms with Crippen molar-refractivity contribution in [2.75, 3.05) is 46.4 Å². The Kier molecular flexibility index (Phi) is 4.29. The Morgan fingerprint density at radius 2 is 2.20 bits per heavy atom. The third kappa shape index (κ3) is 2.85. The number of nitrogens with zero attached hydrogens (tertiary/aromatic N) is 2. The summed E-state index contributed by atoms with van der Waals surface area (Å²) in [7, 11) is 2.10. The van der Waals surface area contributed by atoms with Crippen LogP contribution in [0.4, 0.5) is 0 Å². The summed E-state index contributed by atoms with van der Waals surface area (Å²) in [6.45, 7) is 5.15. The van der Waals surface area contributed by atoms with Crippen LogP contribution in [0.15, 0.2) is 0 Å². The van der Waals surface area contributed by atoms with Gasteiger partial charge in [-0.2, -0.15) is 0 Å². The first-order valence-corrected chi connectivity index (χ1v) is 8.04. The number of carbonyl (C=O) groups excluding carboxylic acids is 1. The topological polar surface area (TPSA) is 44.8 Å². The molecule has 3 aliphatic rings. The number of hydrogen-bond donors (Lipinski definition) is 1. The van der Waals surface area contributed by atoms with Gasteiger partial charge < -0.3 is 15.0 Å². The summed E-state index contributed by atoms with van der Waals surface area (Å²) in [5.41, 5.74) is -0.114. The molecular weight excluding hydrogens is 254 g/mol. The Morgan fingerprint density at radius 1 is 1.30 bits per heavy atom. The second-order valence-electron chi connectivity index (χ2n) is 6.56. The number of ether oxygens (including phenoxy) is 1. The van der Waals surface area contributed by atoms with Crippen LogP contribution in [-0.4, -0.2) is 73.7 Å². The van der Waals surface area contributed by atoms with Gasteiger partial charge in [-0.1, -0.05) is 12.8 Å². The maximum absolute atomic E-state index is 12.9. The molecule has 1 amide bonds. The molecule has 0 saturated carbocycles. The van der Waals surface area contributed by atoms with E-state index in [1.807, 2.05) is 0 Å². The lowest BCUT2D eigenvalue weighted by atomic mass is 9.99. The van der Waals surface area contributed by atoms with E-state index in [0.29, 0.717) is 12.5 Å². The fourth-order valence-corrected chi connectivity index (χ4v) is 3.79. The van der Waals surface area contributed by atoms with Gasteiger partial charge in [-0.3, -0.25) is 9.69 Å². The van der Waals surface area contributed by atoms with Gasteiger partial charge >= 0.3 is 0 Å². The summed E-state index contributed by atoms with van der Waals surface area (Å²) in [6.07, 6.45) is 5.69. The molecule has 0 aromatic carbocycles. The number of rotatable bonds is 1. The highest BCUT2D eigenvalue weighted by Crippen LogP contribution is 2.26. The van der Waals surface area contributed by atoms with Crippen molar-refractivity contribution in [3.63, 3.8) is 0 Å². The monoisotopic (exact) mass is 281 g/mol. The van der Waals surface area contributed by atoms with E-state index in [-0.39, 0.29) is 11.6 Å². The van der Waals surface area contributed by atoms with Crippen LogP contribution in [0.1, 0.15) is 32.1 Å². The number of hydrogen-bond acceptors (Lipinski definition) is 4. The molecular formula is C15H27N3O2. The Hall–Kier alpha value is -0.650. The molecule has 3 heterocycles. The lowest BCUT2D eigenvalue weighted by Gasteiger charge is -2.42. The van der Waals surface area contributed by atoms with Crippen LogP contribution in [0.5, 0.6) is 0 Å². The Morgan fingerprint density at radius 3 is 3.00 bits per heavy atom. The van der Waals surface area contributed by atoms with Crippen molar-refractivity contribution in [1.29, 1.82) is 0 Å². The standard InChI is InChI=1S/C15H27N3O2/c1-17-8-4-2-3-5-13(17)14(19)18-9-10-20-15(12-18)6-7-16-11-15/h13,16H,2-12H2,1H3. The number of likely N-dealkylation sites (N-methyl/N-ethyl adjacent to an activating group) is 1. The molecule has 20 heavy (non-hydrogen) atoms. The third-order valence-corrected chi connectivity index (χ3v) is 5.07. The lowest BCUT2D eigenvalue weighted by molar-refractivity contribution is -0.152. The first kappa shape index (κ1) is 14.3. The van der Waals surface area contributed by atoms with E-state index in [4.69, 9.17) is 4.74 Å². The second kappa shape index (κ2) is 6.00. The molecule has 0 aliphatic carbocycles. The van der Waals surface area contributed by atoms with Gasteiger partial charge in [0.05, 0.1) is 24.8 Å². The molecule has 3 rings (SSSR count). The van der Waals surface area contributed by atoms with Crippen LogP contribution < -0.4 is 5.32 Å². The predicted octanol–water partition coefficient (Wildman–Crippen LogP) is 0.452. The zero-order chi connectivity index (χ0) is 14.0. The molecule has 3 saturated heterocycles. The average Bonchev–Trinajstić information content (AvgIpc) is 2.78. The van der Waals surface area contributed by atoms with E-state index in [2.05, 4.69) is 22.2 Å². The summed E-state index contributed by atoms with van der Waals surface area (Å²) in [4.78, 5) is 17.2. The smallest absolute Gasteiger partial charge is 0.240 e. The van der Waals surface area contributed by atoms with Gasteiger partial charge in [0.15, 0.2) is 0 Å². The highest BCUT2D eigenvalue weighted by molar-refractivity contribution is 5.82. The molecule has 0 aromatic heterocycles. The minimum absolute atomic E-state index is 0.0852. The van der Waals surface area contributed by atoms with E-state index in [1.165, 1.54) is 19.3 Å². The average molecular weight is 281 g/mol. The van der Waals surface area contributed by atoms with Crippen LogP contribution in [0.25, 0.3) is 0 Å². The molecule has 1 N–H and O–H groups in total. The molecule has 0 aromatic rings. The van der Waals surface area contributed by atoms with Crippen molar-refractivity contribution < 1.29 is 9.53 Å². The third-order valence-electron chi connectivity index (χ3n) is 5.07. The fourth-order valence-electron chi connectivity index (χ4n) is 3.79. The summed E-state index contributed by atoms with van der Waals surface area (Å²) in [5.74, 6) is 0.323. The van der Waals surface area contributed by atoms with Crippen molar-refractivity contribution in [1.82, 2.24) is 15.1 Å². The highest BCUT2D eigenvalue weighted by atomic mass is 16.5. The van der Waals surface area contributed by atoms with Gasteiger partial charge in [-0.05, 0) is 39.4 Å². The highest BCUT2D eigenvalue weighted by Gasteiger charge is 2.42. The van der Waals surface area contributed by atoms with Crippen molar-refractivity contribution in [3.05, 3.63) is 0 Å². The number of amides is 1. The van der Waals surface area contributed by atoms with Gasteiger partial charge in [-0.15, -0.1) is 0 Å². The Balaban J connectivity index is 1.66. The fraction of sp³-hybridized carbons (Fsp3) is 0.933. The largest absolute Gasteiger partial charge is 0.370 e. The van der Waals surface area contributed by atoms with Gasteiger partial charge in [-0.25, -0.2) is 0 Å². The molecule has 2 unspecified atom stereocenters. The molecule has 5 heteroatoms. The maximum Gasteiger partial charge on any atom is 0.240 e. The Labute approximate surface area is 121 Å². The van der Waals surface area contributed by atoms with Crippen LogP contribution in [0.3, 0.4) is 0 Å². The molecule has 0 radical (unpaired) electrons. The molecule has 0 bridgehead atoms. The predicted molar refractivity (Wildman–Crippen MR) is 77.6 cm³/mol. The van der Waals surface area contributed by atoms with E-state index < -0.39 is 0 Å². The van der Waals surface area contributed by atoms with Crippen molar-refractivity contribution in [2.24, 2.45) is 0 Å². The van der Waals surface area contributed by atoms with Crippen LogP contribution in [0, 0.1) is 0 Å². The molecule has 3 aliphatic heterocycles. The number of likely N-dealkylation sites (tertiary alicyclic amines) is 1. The van der Waals surface area contributed by atoms with E-state index in [9.17, 15) is 4.79 Å². The molecule has 114 valence electrons. The molecule has 3 fully saturated rings. The number of morpholine rings is 1. The minimum Gasteiger partial charge on any atom is -0.370 e. The van der Waals surface area contributed by atoms with Gasteiger partial charge in [0.25, 0.3) is 0 Å². The van der Waals surface area contributed by atoms with Crippen molar-refractivity contribution in [2.45, 2.75) is 43.7 Å². The van der Waals surface area contributed by atoms with Gasteiger partial charge in [0, 0.05) is 13.1 Å². The lowest BCUT2D eigenvalue weighted by Crippen LogP contribution is -2.58. The normalized spacial score (nSPS) is 36.2. The van der Waals surface area contributed by atoms with E-state index in [1.54, 1.807) is 0 Å². The quantitative estimate of drug-likeness (QED) is 0.758. The first-order valence-electron chi connectivity index (χ1n) is 8.04. The Bertz CT molecular complexity index is 355. The summed E-state index contributed by atoms with van der Waals surface area (Å²) < 4.78 is 5.98. The van der Waals surface area contributed by atoms with Crippen molar-refractivity contribution in [3.8, 4) is 0 Å². The summed E-state index contributed by atoms with van der Waals surface area (Å²) in [5, 5.41) is 3.37. The molecule has 5 nitrogen and oxygen atoms in total. The van der Waals surface area contributed by atoms with Crippen LogP contribution >= 0.6 is 0 Å². The number of nitrogens with one attached hydrogen (secondary N) is 1. The van der Waals surface area contributed by atoms with Crippen LogP contribution in [0.2, 0.25) is 0 Å². The number of carbonyl (C=O) groups is 1. The summed E-state index contributed by atoms with van der Waals surface area (Å²) >= 11 is 0. The minimum atomic E-state index is -0.114. The SMILES string of the molecule is CN1CCCCCC1C(=O)N1CCOC2(CCNC2)C1. The van der Waals surface area contributed by atoms with Gasteiger partial charge in [0.1, 0.15) is 0 Å². The molecule has 2 atom stereocenters. The van der Waals surface area contributed by atoms with E-state index >= 15 is 0 Å². The first-order chi connectivity index (χ1) is 9.70. The van der Waals surface area contributed by atoms with Gasteiger partial charge in [0.2, 0.25) is 5.91 Å². The van der Waals surface area contributed by atoms with Crippen LogP contribution in [-0.2, 0) is 9.53 Å². The van der Waals surface area contributed by atoms with E-state index in [0.717, 1.165) is 45.6 Å². The second-order valence-corrected chi connectivity index (χ2v) is 6.56. The van der Waals surface area contributed by atoms with Crippen molar-refractivity contribution >= 4 is 5.91 Å². The zero-order valence-electron chi connectivity index (χ0n) is 12.6. The maximum atomic E-state index is 12.9. The summed E-state index contributed by atoms with van der Waals surface area (Å²) in [6, 6.07) is 0.0852. The zero-order valence-corrected chi connectivity index (χ0v) is 12.6. The molecule has 1 spiro atoms.